The largest absolute Gasteiger partial charge is 0.415 e. The van der Waals surface area contributed by atoms with E-state index in [1.807, 2.05) is 12.1 Å². The fourth-order valence-electron chi connectivity index (χ4n) is 4.43. The van der Waals surface area contributed by atoms with Gasteiger partial charge in [0.05, 0.1) is 18.7 Å². The number of carbonyl (C=O) groups is 2. The lowest BCUT2D eigenvalue weighted by atomic mass is 10.0. The van der Waals surface area contributed by atoms with Gasteiger partial charge in [0, 0.05) is 48.2 Å². The van der Waals surface area contributed by atoms with Crippen molar-refractivity contribution in [3.05, 3.63) is 69.8 Å². The van der Waals surface area contributed by atoms with E-state index in [0.717, 1.165) is 29.3 Å². The molecule has 0 saturated heterocycles. The number of aromatic nitrogens is 2. The average Bonchev–Trinajstić information content (AvgIpc) is 3.60. The monoisotopic (exact) mass is 520 g/mol. The first-order valence-electron chi connectivity index (χ1n) is 13.4. The summed E-state index contributed by atoms with van der Waals surface area (Å²) in [5, 5.41) is 1.20. The first-order valence-corrected chi connectivity index (χ1v) is 16.3. The number of para-hydroxylation sites is 1. The molecule has 0 spiro atoms. The number of benzene rings is 1. The highest BCUT2D eigenvalue weighted by Gasteiger charge is 2.37. The van der Waals surface area contributed by atoms with Crippen LogP contribution in [0, 0.1) is 5.92 Å². The van der Waals surface area contributed by atoms with E-state index in [1.165, 1.54) is 6.07 Å². The maximum Gasteiger partial charge on any atom is 0.261 e. The highest BCUT2D eigenvalue weighted by Crippen LogP contribution is 2.36. The Hall–Kier alpha value is -2.77. The van der Waals surface area contributed by atoms with Crippen molar-refractivity contribution in [1.82, 2.24) is 9.13 Å². The minimum Gasteiger partial charge on any atom is -0.415 e. The minimum atomic E-state index is -1.86. The Labute approximate surface area is 220 Å². The van der Waals surface area contributed by atoms with Crippen LogP contribution >= 0.6 is 0 Å². The summed E-state index contributed by atoms with van der Waals surface area (Å²) in [6, 6.07) is 9.65. The van der Waals surface area contributed by atoms with Gasteiger partial charge in [-0.15, -0.1) is 0 Å². The van der Waals surface area contributed by atoms with Crippen LogP contribution in [0.1, 0.15) is 79.7 Å². The summed E-state index contributed by atoms with van der Waals surface area (Å²) in [6.45, 7) is 14.6. The van der Waals surface area contributed by atoms with E-state index < -0.39 is 8.32 Å². The van der Waals surface area contributed by atoms with Gasteiger partial charge in [0.25, 0.3) is 5.56 Å². The molecule has 6 nitrogen and oxygen atoms in total. The lowest BCUT2D eigenvalue weighted by molar-refractivity contribution is 0.0975. The number of pyridine rings is 1. The molecule has 0 atom stereocenters. The zero-order valence-corrected chi connectivity index (χ0v) is 24.1. The first-order chi connectivity index (χ1) is 17.4. The molecule has 7 heteroatoms. The van der Waals surface area contributed by atoms with Crippen LogP contribution in [0.2, 0.25) is 18.1 Å². The summed E-state index contributed by atoms with van der Waals surface area (Å²) in [4.78, 5) is 38.8. The third kappa shape index (κ3) is 6.04. The predicted molar refractivity (Wildman–Crippen MR) is 151 cm³/mol. The molecule has 2 heterocycles. The van der Waals surface area contributed by atoms with Gasteiger partial charge in [-0.05, 0) is 54.6 Å². The van der Waals surface area contributed by atoms with E-state index in [1.54, 1.807) is 17.7 Å². The number of carbonyl (C=O) groups excluding carboxylic acids is 2. The molecule has 0 radical (unpaired) electrons. The van der Waals surface area contributed by atoms with Crippen LogP contribution in [0.3, 0.4) is 0 Å². The summed E-state index contributed by atoms with van der Waals surface area (Å²) in [7, 11) is -1.86. The van der Waals surface area contributed by atoms with Crippen molar-refractivity contribution in [2.45, 2.75) is 84.6 Å². The van der Waals surface area contributed by atoms with E-state index in [-0.39, 0.29) is 34.1 Å². The number of nitrogens with zero attached hydrogens (tertiary/aromatic N) is 2. The van der Waals surface area contributed by atoms with Gasteiger partial charge < -0.3 is 13.6 Å². The summed E-state index contributed by atoms with van der Waals surface area (Å²) >= 11 is 0. The van der Waals surface area contributed by atoms with Crippen molar-refractivity contribution >= 4 is 30.8 Å². The van der Waals surface area contributed by atoms with Gasteiger partial charge in [0.2, 0.25) is 0 Å². The average molecular weight is 521 g/mol. The van der Waals surface area contributed by atoms with Crippen LogP contribution in [0.15, 0.2) is 47.5 Å². The van der Waals surface area contributed by atoms with Gasteiger partial charge >= 0.3 is 0 Å². The third-order valence-corrected chi connectivity index (χ3v) is 12.6. The number of rotatable bonds is 11. The molecule has 0 unspecified atom stereocenters. The third-order valence-electron chi connectivity index (χ3n) is 8.01. The Kier molecular flexibility index (Phi) is 7.77. The van der Waals surface area contributed by atoms with Crippen molar-refractivity contribution in [3.63, 3.8) is 0 Å². The second-order valence-corrected chi connectivity index (χ2v) is 16.7. The molecule has 1 saturated carbocycles. The van der Waals surface area contributed by atoms with E-state index in [2.05, 4.69) is 56.8 Å². The zero-order chi connectivity index (χ0) is 27.0. The molecule has 1 aromatic carbocycles. The Bertz CT molecular complexity index is 1370. The molecule has 0 amide bonds. The van der Waals surface area contributed by atoms with Gasteiger partial charge in [-0.25, -0.2) is 0 Å². The molecule has 0 aliphatic heterocycles. The Morgan fingerprint density at radius 3 is 2.41 bits per heavy atom. The zero-order valence-electron chi connectivity index (χ0n) is 23.1. The van der Waals surface area contributed by atoms with Gasteiger partial charge in [0.15, 0.2) is 19.9 Å². The first kappa shape index (κ1) is 27.3. The molecule has 2 aromatic heterocycles. The van der Waals surface area contributed by atoms with Gasteiger partial charge in [0.1, 0.15) is 0 Å². The van der Waals surface area contributed by atoms with Crippen molar-refractivity contribution in [1.29, 1.82) is 0 Å². The fraction of sp³-hybridized carbons (Fsp3) is 0.500. The minimum absolute atomic E-state index is 0.00612. The Morgan fingerprint density at radius 1 is 1.05 bits per heavy atom. The van der Waals surface area contributed by atoms with Crippen LogP contribution < -0.4 is 5.56 Å². The molecule has 4 rings (SSSR count). The number of hydrogen-bond acceptors (Lipinski definition) is 4. The molecule has 37 heavy (non-hydrogen) atoms. The lowest BCUT2D eigenvalue weighted by Gasteiger charge is -2.36. The van der Waals surface area contributed by atoms with E-state index >= 15 is 0 Å². The maximum absolute atomic E-state index is 13.3. The maximum atomic E-state index is 13.3. The number of fused-ring (bicyclic) bond motifs is 1. The molecule has 1 fully saturated rings. The Morgan fingerprint density at radius 2 is 1.76 bits per heavy atom. The number of ketones is 2. The number of Topliss-reactive ketones (excluding diaryl/α,β-unsaturated/α-hetero) is 2. The molecule has 0 bridgehead atoms. The summed E-state index contributed by atoms with van der Waals surface area (Å²) in [6.07, 6.45) is 6.57. The number of hydrogen-bond donors (Lipinski definition) is 0. The van der Waals surface area contributed by atoms with Crippen LogP contribution in [0.5, 0.6) is 0 Å². The summed E-state index contributed by atoms with van der Waals surface area (Å²) in [5.41, 5.74) is 2.28. The molecule has 3 aromatic rings. The van der Waals surface area contributed by atoms with Crippen molar-refractivity contribution in [3.8, 4) is 0 Å². The molecular formula is C30H40N2O4Si. The second kappa shape index (κ2) is 10.5. The molecule has 0 N–H and O–H groups in total. The van der Waals surface area contributed by atoms with Gasteiger partial charge in [-0.3, -0.25) is 14.4 Å². The van der Waals surface area contributed by atoms with Crippen LogP contribution in [0.25, 0.3) is 10.9 Å². The second-order valence-electron chi connectivity index (χ2n) is 11.9. The van der Waals surface area contributed by atoms with Gasteiger partial charge in [-0.1, -0.05) is 45.9 Å². The summed E-state index contributed by atoms with van der Waals surface area (Å²) in [5.74, 6) is 0.210. The summed E-state index contributed by atoms with van der Waals surface area (Å²) < 4.78 is 10.1. The molecule has 1 aliphatic carbocycles. The molecular weight excluding hydrogens is 480 g/mol. The van der Waals surface area contributed by atoms with Crippen LogP contribution in [-0.4, -0.2) is 35.6 Å². The predicted octanol–water partition coefficient (Wildman–Crippen LogP) is 6.45. The molecule has 198 valence electrons. The highest BCUT2D eigenvalue weighted by molar-refractivity contribution is 6.74. The lowest BCUT2D eigenvalue weighted by Crippen LogP contribution is -2.41. The van der Waals surface area contributed by atoms with Crippen molar-refractivity contribution < 1.29 is 14.0 Å². The standard InChI is InChI=1S/C30H40N2O4Si/c1-7-27(33)25-17-22(28(34)16-21-12-13-21)18-32(29(25)35)20-23-19-31(26-11-9-8-10-24(23)26)14-15-36-37(5,6)30(2,3)4/h8-11,17-19,21H,7,12-16,20H2,1-6H3. The smallest absolute Gasteiger partial charge is 0.261 e. The van der Waals surface area contributed by atoms with Crippen LogP contribution in [0.4, 0.5) is 0 Å². The fourth-order valence-corrected chi connectivity index (χ4v) is 5.47. The van der Waals surface area contributed by atoms with E-state index in [9.17, 15) is 14.4 Å². The van der Waals surface area contributed by atoms with E-state index in [4.69, 9.17) is 4.43 Å². The normalized spacial score (nSPS) is 14.3. The van der Waals surface area contributed by atoms with Crippen LogP contribution in [-0.2, 0) is 17.5 Å². The quantitative estimate of drug-likeness (QED) is 0.215. The highest BCUT2D eigenvalue weighted by atomic mass is 28.4. The van der Waals surface area contributed by atoms with Gasteiger partial charge in [-0.2, -0.15) is 0 Å². The SMILES string of the molecule is CCC(=O)c1cc(C(=O)CC2CC2)cn(Cc2cn(CCO[Si](C)(C)C(C)(C)C)c3ccccc23)c1=O. The van der Waals surface area contributed by atoms with Crippen molar-refractivity contribution in [2.24, 2.45) is 5.92 Å². The Balaban J connectivity index is 1.65. The topological polar surface area (TPSA) is 70.3 Å². The van der Waals surface area contributed by atoms with E-state index in [0.29, 0.717) is 37.6 Å². The van der Waals surface area contributed by atoms with Crippen molar-refractivity contribution in [2.75, 3.05) is 6.61 Å². The molecule has 1 aliphatic rings.